The van der Waals surface area contributed by atoms with Gasteiger partial charge in [0.1, 0.15) is 17.2 Å². The molecule has 1 aromatic heterocycles. The van der Waals surface area contributed by atoms with Crippen molar-refractivity contribution in [2.45, 2.75) is 33.6 Å². The van der Waals surface area contributed by atoms with Gasteiger partial charge in [-0.1, -0.05) is 13.8 Å². The summed E-state index contributed by atoms with van der Waals surface area (Å²) in [5, 5.41) is 0. The van der Waals surface area contributed by atoms with Crippen molar-refractivity contribution in [1.82, 2.24) is 4.98 Å². The van der Waals surface area contributed by atoms with Gasteiger partial charge in [-0.25, -0.2) is 0 Å². The molecule has 0 aliphatic heterocycles. The van der Waals surface area contributed by atoms with Crippen molar-refractivity contribution in [1.29, 1.82) is 0 Å². The van der Waals surface area contributed by atoms with E-state index >= 15 is 0 Å². The molecule has 0 aliphatic rings. The van der Waals surface area contributed by atoms with Crippen molar-refractivity contribution in [3.05, 3.63) is 29.5 Å². The second-order valence-electron chi connectivity index (χ2n) is 4.83. The standard InChI is InChI=1S/C15H20N2O2/c1-5-18-12-7-6-11(8-10(12)4)13-14(9(2)3)19-15(16)17-13/h6-9H,5H2,1-4H3,(H2,16,17). The van der Waals surface area contributed by atoms with Crippen LogP contribution < -0.4 is 10.5 Å². The molecule has 19 heavy (non-hydrogen) atoms. The minimum absolute atomic E-state index is 0.213. The Hall–Kier alpha value is -1.97. The number of nitrogens with two attached hydrogens (primary N) is 1. The Kier molecular flexibility index (Phi) is 3.79. The lowest BCUT2D eigenvalue weighted by Crippen LogP contribution is -1.95. The fourth-order valence-corrected chi connectivity index (χ4v) is 2.06. The zero-order valence-electron chi connectivity index (χ0n) is 11.9. The summed E-state index contributed by atoms with van der Waals surface area (Å²) in [6.45, 7) is 8.78. The van der Waals surface area contributed by atoms with E-state index < -0.39 is 0 Å². The Balaban J connectivity index is 2.45. The Labute approximate surface area is 113 Å². The lowest BCUT2D eigenvalue weighted by atomic mass is 10.0. The number of nitrogens with zero attached hydrogens (tertiary/aromatic N) is 1. The van der Waals surface area contributed by atoms with Crippen LogP contribution in [-0.2, 0) is 0 Å². The molecule has 0 aliphatic carbocycles. The third kappa shape index (κ3) is 2.72. The van der Waals surface area contributed by atoms with E-state index in [0.717, 1.165) is 28.3 Å². The molecule has 2 rings (SSSR count). The van der Waals surface area contributed by atoms with Crippen LogP contribution >= 0.6 is 0 Å². The van der Waals surface area contributed by atoms with Crippen molar-refractivity contribution in [3.8, 4) is 17.0 Å². The second-order valence-corrected chi connectivity index (χ2v) is 4.83. The molecular formula is C15H20N2O2. The molecule has 0 radical (unpaired) electrons. The summed E-state index contributed by atoms with van der Waals surface area (Å²) in [5.74, 6) is 1.96. The normalized spacial score (nSPS) is 11.0. The van der Waals surface area contributed by atoms with Crippen LogP contribution in [0.15, 0.2) is 22.6 Å². The van der Waals surface area contributed by atoms with Crippen LogP contribution in [0.5, 0.6) is 5.75 Å². The van der Waals surface area contributed by atoms with Gasteiger partial charge >= 0.3 is 0 Å². The highest BCUT2D eigenvalue weighted by molar-refractivity contribution is 5.65. The molecule has 1 aromatic carbocycles. The van der Waals surface area contributed by atoms with Crippen LogP contribution in [0, 0.1) is 6.92 Å². The number of ether oxygens (including phenoxy) is 1. The van der Waals surface area contributed by atoms with E-state index in [1.54, 1.807) is 0 Å². The van der Waals surface area contributed by atoms with Crippen LogP contribution in [-0.4, -0.2) is 11.6 Å². The zero-order valence-corrected chi connectivity index (χ0v) is 11.9. The first kappa shape index (κ1) is 13.5. The monoisotopic (exact) mass is 260 g/mol. The van der Waals surface area contributed by atoms with Gasteiger partial charge in [-0.15, -0.1) is 0 Å². The van der Waals surface area contributed by atoms with Gasteiger partial charge in [0.25, 0.3) is 6.01 Å². The molecule has 0 spiro atoms. The number of rotatable bonds is 4. The third-order valence-electron chi connectivity index (χ3n) is 2.94. The number of aryl methyl sites for hydroxylation is 1. The molecule has 0 fully saturated rings. The zero-order chi connectivity index (χ0) is 14.0. The van der Waals surface area contributed by atoms with Crippen molar-refractivity contribution >= 4 is 6.01 Å². The summed E-state index contributed by atoms with van der Waals surface area (Å²) >= 11 is 0. The number of hydrogen-bond acceptors (Lipinski definition) is 4. The van der Waals surface area contributed by atoms with Gasteiger partial charge < -0.3 is 14.9 Å². The van der Waals surface area contributed by atoms with E-state index in [-0.39, 0.29) is 11.9 Å². The molecule has 0 saturated carbocycles. The highest BCUT2D eigenvalue weighted by atomic mass is 16.5. The highest BCUT2D eigenvalue weighted by Crippen LogP contribution is 2.32. The average molecular weight is 260 g/mol. The number of hydrogen-bond donors (Lipinski definition) is 1. The number of anilines is 1. The maximum Gasteiger partial charge on any atom is 0.292 e. The Morgan fingerprint density at radius 2 is 2.11 bits per heavy atom. The van der Waals surface area contributed by atoms with Crippen molar-refractivity contribution < 1.29 is 9.15 Å². The van der Waals surface area contributed by atoms with Crippen molar-refractivity contribution in [2.24, 2.45) is 0 Å². The third-order valence-corrected chi connectivity index (χ3v) is 2.94. The predicted molar refractivity (Wildman–Crippen MR) is 76.3 cm³/mol. The quantitative estimate of drug-likeness (QED) is 0.909. The van der Waals surface area contributed by atoms with Crippen LogP contribution in [0.25, 0.3) is 11.3 Å². The summed E-state index contributed by atoms with van der Waals surface area (Å²) in [7, 11) is 0. The fraction of sp³-hybridized carbons (Fsp3) is 0.400. The molecule has 1 heterocycles. The lowest BCUT2D eigenvalue weighted by Gasteiger charge is -2.09. The first-order chi connectivity index (χ1) is 9.02. The minimum atomic E-state index is 0.213. The molecule has 0 atom stereocenters. The number of oxazole rings is 1. The van der Waals surface area contributed by atoms with E-state index in [1.807, 2.05) is 32.0 Å². The van der Waals surface area contributed by atoms with Gasteiger partial charge in [0, 0.05) is 11.5 Å². The van der Waals surface area contributed by atoms with E-state index in [4.69, 9.17) is 14.9 Å². The highest BCUT2D eigenvalue weighted by Gasteiger charge is 2.17. The lowest BCUT2D eigenvalue weighted by molar-refractivity contribution is 0.338. The molecule has 2 N–H and O–H groups in total. The van der Waals surface area contributed by atoms with E-state index in [9.17, 15) is 0 Å². The number of aromatic nitrogens is 1. The number of benzene rings is 1. The molecule has 4 heteroatoms. The first-order valence-corrected chi connectivity index (χ1v) is 6.53. The molecule has 2 aromatic rings. The molecule has 102 valence electrons. The Morgan fingerprint density at radius 3 is 2.68 bits per heavy atom. The molecule has 0 saturated heterocycles. The van der Waals surface area contributed by atoms with Gasteiger partial charge in [-0.05, 0) is 37.6 Å². The second kappa shape index (κ2) is 5.34. The molecule has 4 nitrogen and oxygen atoms in total. The molecule has 0 bridgehead atoms. The smallest absolute Gasteiger partial charge is 0.292 e. The Morgan fingerprint density at radius 1 is 1.37 bits per heavy atom. The summed E-state index contributed by atoms with van der Waals surface area (Å²) < 4.78 is 11.0. The van der Waals surface area contributed by atoms with E-state index in [0.29, 0.717) is 6.61 Å². The summed E-state index contributed by atoms with van der Waals surface area (Å²) in [4.78, 5) is 4.29. The van der Waals surface area contributed by atoms with Gasteiger partial charge in [0.15, 0.2) is 0 Å². The van der Waals surface area contributed by atoms with Crippen LogP contribution in [0.2, 0.25) is 0 Å². The van der Waals surface area contributed by atoms with Gasteiger partial charge in [-0.3, -0.25) is 0 Å². The van der Waals surface area contributed by atoms with Gasteiger partial charge in [0.05, 0.1) is 6.61 Å². The summed E-state index contributed by atoms with van der Waals surface area (Å²) in [6, 6.07) is 6.21. The number of nitrogen functional groups attached to an aromatic ring is 1. The molecule has 0 amide bonds. The Bertz CT molecular complexity index is 574. The van der Waals surface area contributed by atoms with Crippen LogP contribution in [0.1, 0.15) is 38.0 Å². The largest absolute Gasteiger partial charge is 0.494 e. The summed E-state index contributed by atoms with van der Waals surface area (Å²) in [5.41, 5.74) is 8.57. The molecule has 0 unspecified atom stereocenters. The minimum Gasteiger partial charge on any atom is -0.494 e. The SMILES string of the molecule is CCOc1ccc(-c2nc(N)oc2C(C)C)cc1C. The predicted octanol–water partition coefficient (Wildman–Crippen LogP) is 3.75. The van der Waals surface area contributed by atoms with Gasteiger partial charge in [0.2, 0.25) is 0 Å². The van der Waals surface area contributed by atoms with Crippen molar-refractivity contribution in [3.63, 3.8) is 0 Å². The maximum absolute atomic E-state index is 5.67. The van der Waals surface area contributed by atoms with Crippen LogP contribution in [0.3, 0.4) is 0 Å². The average Bonchev–Trinajstić information content (AvgIpc) is 2.74. The maximum atomic E-state index is 5.67. The fourth-order valence-electron chi connectivity index (χ4n) is 2.06. The topological polar surface area (TPSA) is 61.3 Å². The van der Waals surface area contributed by atoms with Gasteiger partial charge in [-0.2, -0.15) is 4.98 Å². The first-order valence-electron chi connectivity index (χ1n) is 6.53. The summed E-state index contributed by atoms with van der Waals surface area (Å²) in [6.07, 6.45) is 0. The molecular weight excluding hydrogens is 240 g/mol. The van der Waals surface area contributed by atoms with Crippen LogP contribution in [0.4, 0.5) is 6.01 Å². The van der Waals surface area contributed by atoms with Crippen molar-refractivity contribution in [2.75, 3.05) is 12.3 Å². The van der Waals surface area contributed by atoms with E-state index in [1.165, 1.54) is 0 Å². The van der Waals surface area contributed by atoms with E-state index in [2.05, 4.69) is 18.8 Å².